The van der Waals surface area contributed by atoms with Gasteiger partial charge in [0, 0.05) is 19.0 Å². The standard InChI is InChI=1S/C15H19FN2O2/c16-12-3-1-11(2-4-12)15(5-6-15)18-14(19)9-13-10-20-8-7-17-13/h1-4,13,17H,5-10H2,(H,18,19). The molecular formula is C15H19FN2O2. The number of benzene rings is 1. The van der Waals surface area contributed by atoms with Crippen LogP contribution >= 0.6 is 0 Å². The van der Waals surface area contributed by atoms with Crippen molar-refractivity contribution < 1.29 is 13.9 Å². The van der Waals surface area contributed by atoms with E-state index in [1.807, 2.05) is 0 Å². The molecule has 1 aliphatic carbocycles. The predicted octanol–water partition coefficient (Wildman–Crippen LogP) is 1.31. The van der Waals surface area contributed by atoms with Crippen molar-refractivity contribution in [2.45, 2.75) is 30.8 Å². The van der Waals surface area contributed by atoms with E-state index in [9.17, 15) is 9.18 Å². The molecule has 4 nitrogen and oxygen atoms in total. The lowest BCUT2D eigenvalue weighted by atomic mass is 10.0. The summed E-state index contributed by atoms with van der Waals surface area (Å²) in [4.78, 5) is 12.1. The second kappa shape index (κ2) is 5.50. The fourth-order valence-corrected chi connectivity index (χ4v) is 2.67. The first-order valence-corrected chi connectivity index (χ1v) is 7.06. The average Bonchev–Trinajstić information content (AvgIpc) is 3.21. The number of hydrogen-bond donors (Lipinski definition) is 2. The molecule has 0 radical (unpaired) electrons. The molecule has 1 saturated carbocycles. The highest BCUT2D eigenvalue weighted by Crippen LogP contribution is 2.45. The summed E-state index contributed by atoms with van der Waals surface area (Å²) in [5.41, 5.74) is 0.709. The van der Waals surface area contributed by atoms with Gasteiger partial charge in [0.25, 0.3) is 0 Å². The van der Waals surface area contributed by atoms with Gasteiger partial charge < -0.3 is 15.4 Å². The van der Waals surface area contributed by atoms with Crippen LogP contribution in [-0.2, 0) is 15.1 Å². The molecule has 1 saturated heterocycles. The molecule has 5 heteroatoms. The van der Waals surface area contributed by atoms with Gasteiger partial charge in [0.2, 0.25) is 5.91 Å². The lowest BCUT2D eigenvalue weighted by molar-refractivity contribution is -0.123. The molecule has 108 valence electrons. The van der Waals surface area contributed by atoms with Gasteiger partial charge in [-0.1, -0.05) is 12.1 Å². The molecule has 2 aliphatic rings. The van der Waals surface area contributed by atoms with Crippen LogP contribution in [0.5, 0.6) is 0 Å². The molecule has 2 N–H and O–H groups in total. The predicted molar refractivity (Wildman–Crippen MR) is 72.7 cm³/mol. The quantitative estimate of drug-likeness (QED) is 0.873. The molecule has 0 bridgehead atoms. The first-order chi connectivity index (χ1) is 9.68. The zero-order chi connectivity index (χ0) is 14.0. The SMILES string of the molecule is O=C(CC1COCCN1)NC1(c2ccc(F)cc2)CC1. The van der Waals surface area contributed by atoms with Crippen LogP contribution in [0.3, 0.4) is 0 Å². The monoisotopic (exact) mass is 278 g/mol. The Hall–Kier alpha value is -1.46. The highest BCUT2D eigenvalue weighted by atomic mass is 19.1. The first kappa shape index (κ1) is 13.5. The van der Waals surface area contributed by atoms with Crippen molar-refractivity contribution in [3.8, 4) is 0 Å². The number of rotatable bonds is 4. The molecule has 20 heavy (non-hydrogen) atoms. The average molecular weight is 278 g/mol. The van der Waals surface area contributed by atoms with E-state index in [1.165, 1.54) is 12.1 Å². The van der Waals surface area contributed by atoms with E-state index in [1.54, 1.807) is 12.1 Å². The summed E-state index contributed by atoms with van der Waals surface area (Å²) in [6.07, 6.45) is 2.25. The van der Waals surface area contributed by atoms with Gasteiger partial charge in [-0.15, -0.1) is 0 Å². The van der Waals surface area contributed by atoms with E-state index < -0.39 is 0 Å². The lowest BCUT2D eigenvalue weighted by Crippen LogP contribution is -2.45. The van der Waals surface area contributed by atoms with E-state index in [4.69, 9.17) is 4.74 Å². The maximum atomic E-state index is 13.0. The van der Waals surface area contributed by atoms with E-state index in [2.05, 4.69) is 10.6 Å². The van der Waals surface area contributed by atoms with Crippen molar-refractivity contribution in [1.29, 1.82) is 0 Å². The third-order valence-corrected chi connectivity index (χ3v) is 3.96. The summed E-state index contributed by atoms with van der Waals surface area (Å²) in [5.74, 6) is -0.228. The van der Waals surface area contributed by atoms with E-state index in [0.717, 1.165) is 24.9 Å². The van der Waals surface area contributed by atoms with Crippen LogP contribution < -0.4 is 10.6 Å². The fraction of sp³-hybridized carbons (Fsp3) is 0.533. The smallest absolute Gasteiger partial charge is 0.222 e. The van der Waals surface area contributed by atoms with Crippen molar-refractivity contribution in [2.24, 2.45) is 0 Å². The molecular weight excluding hydrogens is 259 g/mol. The Morgan fingerprint density at radius 1 is 1.40 bits per heavy atom. The minimum Gasteiger partial charge on any atom is -0.378 e. The number of carbonyl (C=O) groups is 1. The van der Waals surface area contributed by atoms with Crippen molar-refractivity contribution in [3.05, 3.63) is 35.6 Å². The third-order valence-electron chi connectivity index (χ3n) is 3.96. The Balaban J connectivity index is 1.59. The second-order valence-electron chi connectivity index (χ2n) is 5.57. The molecule has 2 fully saturated rings. The molecule has 1 aliphatic heterocycles. The summed E-state index contributed by atoms with van der Waals surface area (Å²) < 4.78 is 18.3. The topological polar surface area (TPSA) is 50.4 Å². The third kappa shape index (κ3) is 2.99. The van der Waals surface area contributed by atoms with Gasteiger partial charge in [0.1, 0.15) is 5.82 Å². The minimum absolute atomic E-state index is 0.0230. The Labute approximate surface area is 117 Å². The van der Waals surface area contributed by atoms with Gasteiger partial charge in [-0.3, -0.25) is 4.79 Å². The maximum absolute atomic E-state index is 13.0. The zero-order valence-corrected chi connectivity index (χ0v) is 11.3. The Bertz CT molecular complexity index is 479. The number of ether oxygens (including phenoxy) is 1. The van der Waals surface area contributed by atoms with Crippen LogP contribution in [0, 0.1) is 5.82 Å². The maximum Gasteiger partial charge on any atom is 0.222 e. The Morgan fingerprint density at radius 2 is 2.15 bits per heavy atom. The number of nitrogens with one attached hydrogen (secondary N) is 2. The van der Waals surface area contributed by atoms with Gasteiger partial charge in [0.15, 0.2) is 0 Å². The van der Waals surface area contributed by atoms with Crippen LogP contribution in [0.15, 0.2) is 24.3 Å². The van der Waals surface area contributed by atoms with Crippen molar-refractivity contribution in [1.82, 2.24) is 10.6 Å². The molecule has 1 aromatic rings. The molecule has 1 heterocycles. The number of amides is 1. The summed E-state index contributed by atoms with van der Waals surface area (Å²) in [6.45, 7) is 2.08. The molecule has 0 aromatic heterocycles. The lowest BCUT2D eigenvalue weighted by Gasteiger charge is -2.25. The largest absolute Gasteiger partial charge is 0.378 e. The Morgan fingerprint density at radius 3 is 2.75 bits per heavy atom. The first-order valence-electron chi connectivity index (χ1n) is 7.06. The summed E-state index contributed by atoms with van der Waals surface area (Å²) in [5, 5.41) is 6.36. The molecule has 3 rings (SSSR count). The summed E-state index contributed by atoms with van der Waals surface area (Å²) in [7, 11) is 0. The number of hydrogen-bond acceptors (Lipinski definition) is 3. The number of morpholine rings is 1. The molecule has 1 atom stereocenters. The highest BCUT2D eigenvalue weighted by molar-refractivity contribution is 5.78. The minimum atomic E-state index is -0.277. The van der Waals surface area contributed by atoms with Gasteiger partial charge >= 0.3 is 0 Å². The van der Waals surface area contributed by atoms with Crippen LogP contribution in [0.4, 0.5) is 4.39 Å². The van der Waals surface area contributed by atoms with Crippen molar-refractivity contribution in [2.75, 3.05) is 19.8 Å². The van der Waals surface area contributed by atoms with Crippen molar-refractivity contribution >= 4 is 5.91 Å². The normalized spacial score (nSPS) is 24.1. The highest BCUT2D eigenvalue weighted by Gasteiger charge is 2.45. The van der Waals surface area contributed by atoms with Crippen LogP contribution in [0.25, 0.3) is 0 Å². The molecule has 0 spiro atoms. The van der Waals surface area contributed by atoms with Crippen LogP contribution in [0.1, 0.15) is 24.8 Å². The fourth-order valence-electron chi connectivity index (χ4n) is 2.67. The molecule has 1 unspecified atom stereocenters. The number of halogens is 1. The molecule has 1 aromatic carbocycles. The second-order valence-corrected chi connectivity index (χ2v) is 5.57. The number of carbonyl (C=O) groups excluding carboxylic acids is 1. The van der Waals surface area contributed by atoms with Crippen LogP contribution in [0.2, 0.25) is 0 Å². The van der Waals surface area contributed by atoms with Gasteiger partial charge in [0.05, 0.1) is 18.8 Å². The van der Waals surface area contributed by atoms with E-state index in [-0.39, 0.29) is 23.3 Å². The van der Waals surface area contributed by atoms with E-state index in [0.29, 0.717) is 19.6 Å². The summed E-state index contributed by atoms with van der Waals surface area (Å²) in [6, 6.07) is 6.48. The van der Waals surface area contributed by atoms with E-state index >= 15 is 0 Å². The van der Waals surface area contributed by atoms with Gasteiger partial charge in [-0.25, -0.2) is 4.39 Å². The van der Waals surface area contributed by atoms with Gasteiger partial charge in [-0.2, -0.15) is 0 Å². The van der Waals surface area contributed by atoms with Crippen LogP contribution in [-0.4, -0.2) is 31.7 Å². The summed E-state index contributed by atoms with van der Waals surface area (Å²) >= 11 is 0. The zero-order valence-electron chi connectivity index (χ0n) is 11.3. The van der Waals surface area contributed by atoms with Crippen molar-refractivity contribution in [3.63, 3.8) is 0 Å². The van der Waals surface area contributed by atoms with Gasteiger partial charge in [-0.05, 0) is 30.5 Å². The Kier molecular flexibility index (Phi) is 3.72. The molecule has 1 amide bonds.